The second-order valence-corrected chi connectivity index (χ2v) is 9.88. The van der Waals surface area contributed by atoms with Crippen LogP contribution in [-0.2, 0) is 11.2 Å². The fourth-order valence-electron chi connectivity index (χ4n) is 6.70. The minimum atomic E-state index is -0.284. The number of nitrogens with one attached hydrogen (secondary N) is 1. The van der Waals surface area contributed by atoms with Gasteiger partial charge in [0.1, 0.15) is 17.6 Å². The van der Waals surface area contributed by atoms with Crippen LogP contribution in [0.1, 0.15) is 56.6 Å². The maximum atomic E-state index is 11.3. The predicted molar refractivity (Wildman–Crippen MR) is 119 cm³/mol. The molecule has 3 aliphatic carbocycles. The summed E-state index contributed by atoms with van der Waals surface area (Å²) in [6, 6.07) is 13.3. The molecule has 3 aliphatic rings. The van der Waals surface area contributed by atoms with E-state index in [-0.39, 0.29) is 29.4 Å². The SMILES string of the molecule is CC(=O)Nc1ccc(O[C@H]2C[C@]3(C)[C@@H](O)CC[C@H]3[C@@H]3CCc4cc(O)ccc4[C@H]32)cc1. The van der Waals surface area contributed by atoms with Crippen molar-refractivity contribution in [3.05, 3.63) is 53.6 Å². The molecule has 3 N–H and O–H groups in total. The Hall–Kier alpha value is -2.53. The lowest BCUT2D eigenvalue weighted by molar-refractivity contribution is -0.114. The van der Waals surface area contributed by atoms with Crippen LogP contribution in [0.4, 0.5) is 5.69 Å². The Kier molecular flexibility index (Phi) is 4.97. The highest BCUT2D eigenvalue weighted by Gasteiger charge is 2.58. The molecule has 0 aliphatic heterocycles. The number of anilines is 1. The normalized spacial score (nSPS) is 33.7. The van der Waals surface area contributed by atoms with E-state index in [2.05, 4.69) is 18.3 Å². The number of phenolic OH excluding ortho intramolecular Hbond substituents is 1. The largest absolute Gasteiger partial charge is 0.508 e. The van der Waals surface area contributed by atoms with Crippen LogP contribution in [0.5, 0.6) is 11.5 Å². The lowest BCUT2D eigenvalue weighted by Gasteiger charge is -2.53. The van der Waals surface area contributed by atoms with Crippen molar-refractivity contribution in [2.75, 3.05) is 5.32 Å². The van der Waals surface area contributed by atoms with E-state index in [4.69, 9.17) is 4.74 Å². The van der Waals surface area contributed by atoms with Crippen LogP contribution in [0, 0.1) is 17.3 Å². The molecule has 5 nitrogen and oxygen atoms in total. The third kappa shape index (κ3) is 3.49. The molecule has 5 heteroatoms. The molecule has 164 valence electrons. The van der Waals surface area contributed by atoms with Gasteiger partial charge in [-0.25, -0.2) is 0 Å². The van der Waals surface area contributed by atoms with Crippen LogP contribution in [0.3, 0.4) is 0 Å². The van der Waals surface area contributed by atoms with Gasteiger partial charge in [0.05, 0.1) is 6.10 Å². The van der Waals surface area contributed by atoms with Gasteiger partial charge in [0.15, 0.2) is 0 Å². The lowest BCUT2D eigenvalue weighted by atomic mass is 9.54. The first kappa shape index (κ1) is 20.4. The van der Waals surface area contributed by atoms with Crippen LogP contribution in [-0.4, -0.2) is 28.3 Å². The van der Waals surface area contributed by atoms with Gasteiger partial charge in [-0.2, -0.15) is 0 Å². The number of fused-ring (bicyclic) bond motifs is 5. The number of phenols is 1. The molecule has 0 saturated heterocycles. The van der Waals surface area contributed by atoms with Crippen molar-refractivity contribution >= 4 is 11.6 Å². The Morgan fingerprint density at radius 3 is 2.65 bits per heavy atom. The maximum Gasteiger partial charge on any atom is 0.221 e. The zero-order chi connectivity index (χ0) is 21.8. The van der Waals surface area contributed by atoms with E-state index < -0.39 is 0 Å². The summed E-state index contributed by atoms with van der Waals surface area (Å²) < 4.78 is 6.61. The Balaban J connectivity index is 1.49. The number of aliphatic hydroxyl groups excluding tert-OH is 1. The van der Waals surface area contributed by atoms with Gasteiger partial charge >= 0.3 is 0 Å². The van der Waals surface area contributed by atoms with Crippen LogP contribution in [0.15, 0.2) is 42.5 Å². The van der Waals surface area contributed by atoms with Crippen molar-refractivity contribution in [2.24, 2.45) is 17.3 Å². The smallest absolute Gasteiger partial charge is 0.221 e. The van der Waals surface area contributed by atoms with Crippen molar-refractivity contribution < 1.29 is 19.7 Å². The Morgan fingerprint density at radius 2 is 1.90 bits per heavy atom. The number of carbonyl (C=O) groups excluding carboxylic acids is 1. The highest BCUT2D eigenvalue weighted by Crippen LogP contribution is 2.61. The Morgan fingerprint density at radius 1 is 1.13 bits per heavy atom. The van der Waals surface area contributed by atoms with Gasteiger partial charge in [-0.3, -0.25) is 4.79 Å². The molecule has 0 unspecified atom stereocenters. The minimum absolute atomic E-state index is 0.0470. The monoisotopic (exact) mass is 421 g/mol. The molecule has 0 aromatic heterocycles. The number of aliphatic hydroxyl groups is 1. The van der Waals surface area contributed by atoms with Crippen LogP contribution < -0.4 is 10.1 Å². The maximum absolute atomic E-state index is 11.3. The predicted octanol–water partition coefficient (Wildman–Crippen LogP) is 4.63. The van der Waals surface area contributed by atoms with Crippen LogP contribution in [0.25, 0.3) is 0 Å². The van der Waals surface area contributed by atoms with E-state index in [0.717, 1.165) is 43.5 Å². The molecular weight excluding hydrogens is 390 g/mol. The molecule has 0 radical (unpaired) electrons. The van der Waals surface area contributed by atoms with Gasteiger partial charge in [0, 0.05) is 23.9 Å². The number of hydrogen-bond donors (Lipinski definition) is 3. The molecule has 0 bridgehead atoms. The number of benzene rings is 2. The molecule has 1 amide bonds. The van der Waals surface area contributed by atoms with E-state index in [9.17, 15) is 15.0 Å². The number of carbonyl (C=O) groups is 1. The van der Waals surface area contributed by atoms with E-state index in [0.29, 0.717) is 17.6 Å². The second kappa shape index (κ2) is 7.56. The average molecular weight is 422 g/mol. The summed E-state index contributed by atoms with van der Waals surface area (Å²) in [6.45, 7) is 3.74. The zero-order valence-electron chi connectivity index (χ0n) is 18.2. The molecule has 31 heavy (non-hydrogen) atoms. The van der Waals surface area contributed by atoms with Crippen molar-refractivity contribution in [3.8, 4) is 11.5 Å². The summed E-state index contributed by atoms with van der Waals surface area (Å²) in [6.07, 6.45) is 4.45. The topological polar surface area (TPSA) is 78.8 Å². The van der Waals surface area contributed by atoms with E-state index in [1.807, 2.05) is 30.3 Å². The number of amides is 1. The fourth-order valence-corrected chi connectivity index (χ4v) is 6.70. The highest BCUT2D eigenvalue weighted by molar-refractivity contribution is 5.88. The third-order valence-electron chi connectivity index (χ3n) is 8.07. The molecule has 0 spiro atoms. The molecular formula is C26H31NO4. The van der Waals surface area contributed by atoms with Crippen molar-refractivity contribution in [3.63, 3.8) is 0 Å². The third-order valence-corrected chi connectivity index (χ3v) is 8.07. The van der Waals surface area contributed by atoms with Crippen molar-refractivity contribution in [2.45, 2.75) is 64.1 Å². The van der Waals surface area contributed by atoms with Gasteiger partial charge in [-0.15, -0.1) is 0 Å². The fraction of sp³-hybridized carbons (Fsp3) is 0.500. The summed E-state index contributed by atoms with van der Waals surface area (Å²) >= 11 is 0. The molecule has 2 saturated carbocycles. The first-order valence-electron chi connectivity index (χ1n) is 11.4. The number of ether oxygens (including phenoxy) is 1. The van der Waals surface area contributed by atoms with Crippen molar-refractivity contribution in [1.82, 2.24) is 0 Å². The second-order valence-electron chi connectivity index (χ2n) is 9.88. The molecule has 6 atom stereocenters. The Bertz CT molecular complexity index is 987. The highest BCUT2D eigenvalue weighted by atomic mass is 16.5. The quantitative estimate of drug-likeness (QED) is 0.675. The lowest BCUT2D eigenvalue weighted by Crippen LogP contribution is -2.51. The summed E-state index contributed by atoms with van der Waals surface area (Å²) in [7, 11) is 0. The molecule has 0 heterocycles. The average Bonchev–Trinajstić information content (AvgIpc) is 3.03. The van der Waals surface area contributed by atoms with Crippen LogP contribution in [0.2, 0.25) is 0 Å². The number of hydrogen-bond acceptors (Lipinski definition) is 4. The number of rotatable bonds is 3. The molecule has 2 aromatic carbocycles. The number of aromatic hydroxyl groups is 1. The first-order valence-corrected chi connectivity index (χ1v) is 11.4. The van der Waals surface area contributed by atoms with Crippen LogP contribution >= 0.6 is 0 Å². The number of aryl methyl sites for hydroxylation is 1. The van der Waals surface area contributed by atoms with E-state index in [1.54, 1.807) is 6.07 Å². The van der Waals surface area contributed by atoms with Gasteiger partial charge in [0.2, 0.25) is 5.91 Å². The molecule has 2 fully saturated rings. The van der Waals surface area contributed by atoms with Gasteiger partial charge in [-0.1, -0.05) is 13.0 Å². The van der Waals surface area contributed by atoms with Gasteiger partial charge < -0.3 is 20.3 Å². The molecule has 2 aromatic rings. The zero-order valence-corrected chi connectivity index (χ0v) is 18.2. The minimum Gasteiger partial charge on any atom is -0.508 e. The molecule has 5 rings (SSSR count). The summed E-state index contributed by atoms with van der Waals surface area (Å²) in [5.41, 5.74) is 3.13. The van der Waals surface area contributed by atoms with Gasteiger partial charge in [0.25, 0.3) is 0 Å². The summed E-state index contributed by atoms with van der Waals surface area (Å²) in [5, 5.41) is 23.7. The van der Waals surface area contributed by atoms with E-state index >= 15 is 0 Å². The summed E-state index contributed by atoms with van der Waals surface area (Å²) in [4.78, 5) is 11.3. The standard InChI is InChI=1S/C26H31NO4/c1-15(28)27-17-4-7-19(8-5-17)31-23-14-26(2)22(11-12-24(26)30)21-9-3-16-13-18(29)6-10-20(16)25(21)23/h4-8,10,13,21-25,29-30H,3,9,11-12,14H2,1-2H3,(H,27,28)/t21-,22-,23-,24-,25+,26-/m0/s1. The Labute approximate surface area is 183 Å². The summed E-state index contributed by atoms with van der Waals surface area (Å²) in [5.74, 6) is 2.22. The van der Waals surface area contributed by atoms with Gasteiger partial charge in [-0.05, 0) is 91.5 Å². The van der Waals surface area contributed by atoms with Crippen molar-refractivity contribution in [1.29, 1.82) is 0 Å². The first-order chi connectivity index (χ1) is 14.8. The van der Waals surface area contributed by atoms with E-state index in [1.165, 1.54) is 18.1 Å².